The number of ether oxygens (including phenoxy) is 4. The second-order valence-electron chi connectivity index (χ2n) is 8.24. The summed E-state index contributed by atoms with van der Waals surface area (Å²) in [4.78, 5) is 17.6. The second-order valence-corrected chi connectivity index (χ2v) is 8.68. The first-order valence-electron chi connectivity index (χ1n) is 11.9. The normalized spacial score (nSPS) is 10.8. The first kappa shape index (κ1) is 26.2. The van der Waals surface area contributed by atoms with Crippen LogP contribution in [0.2, 0.25) is 5.02 Å². The smallest absolute Gasteiger partial charge is 0.251 e. The van der Waals surface area contributed by atoms with E-state index in [1.165, 1.54) is 21.3 Å². The van der Waals surface area contributed by atoms with E-state index in [1.807, 2.05) is 30.3 Å². The van der Waals surface area contributed by atoms with E-state index in [4.69, 9.17) is 35.5 Å². The topological polar surface area (TPSA) is 83.8 Å². The molecule has 0 unspecified atom stereocenters. The van der Waals surface area contributed by atoms with Crippen LogP contribution < -0.4 is 24.3 Å². The Labute approximate surface area is 221 Å². The van der Waals surface area contributed by atoms with Crippen molar-refractivity contribution in [2.24, 2.45) is 0 Å². The molecule has 1 N–H and O–H groups in total. The molecule has 0 atom stereocenters. The van der Waals surface area contributed by atoms with E-state index in [0.717, 1.165) is 29.0 Å². The van der Waals surface area contributed by atoms with Gasteiger partial charge in [-0.25, -0.2) is 4.98 Å². The van der Waals surface area contributed by atoms with Gasteiger partial charge in [-0.3, -0.25) is 4.79 Å². The molecule has 37 heavy (non-hydrogen) atoms. The molecule has 0 radical (unpaired) electrons. The van der Waals surface area contributed by atoms with Crippen molar-refractivity contribution in [1.82, 2.24) is 14.9 Å². The van der Waals surface area contributed by atoms with Crippen molar-refractivity contribution in [3.05, 3.63) is 77.1 Å². The van der Waals surface area contributed by atoms with Gasteiger partial charge in [-0.1, -0.05) is 23.7 Å². The first-order valence-corrected chi connectivity index (χ1v) is 12.3. The summed E-state index contributed by atoms with van der Waals surface area (Å²) >= 11 is 5.96. The van der Waals surface area contributed by atoms with Gasteiger partial charge in [-0.05, 0) is 55.0 Å². The highest BCUT2D eigenvalue weighted by atomic mass is 35.5. The summed E-state index contributed by atoms with van der Waals surface area (Å²) in [6.45, 7) is 1.63. The van der Waals surface area contributed by atoms with Crippen LogP contribution in [0.1, 0.15) is 22.6 Å². The van der Waals surface area contributed by atoms with E-state index in [2.05, 4.69) is 16.0 Å². The van der Waals surface area contributed by atoms with Gasteiger partial charge in [-0.15, -0.1) is 0 Å². The Morgan fingerprint density at radius 1 is 0.973 bits per heavy atom. The van der Waals surface area contributed by atoms with Crippen LogP contribution in [0.3, 0.4) is 0 Å². The van der Waals surface area contributed by atoms with Gasteiger partial charge < -0.3 is 28.8 Å². The SMILES string of the molecule is COc1cc(C(=O)NCCCc2nc3ccccc3n2CCOc2ccc(Cl)cc2)cc(OC)c1OC. The maximum Gasteiger partial charge on any atom is 0.251 e. The summed E-state index contributed by atoms with van der Waals surface area (Å²) in [6.07, 6.45) is 1.42. The number of amides is 1. The van der Waals surface area contributed by atoms with Crippen LogP contribution in [-0.2, 0) is 13.0 Å². The number of aromatic nitrogens is 2. The quantitative estimate of drug-likeness (QED) is 0.258. The average Bonchev–Trinajstić information content (AvgIpc) is 3.28. The van der Waals surface area contributed by atoms with Gasteiger partial charge in [-0.2, -0.15) is 0 Å². The van der Waals surface area contributed by atoms with Gasteiger partial charge in [0.15, 0.2) is 11.5 Å². The lowest BCUT2D eigenvalue weighted by molar-refractivity contribution is 0.0952. The molecule has 4 aromatic rings. The van der Waals surface area contributed by atoms with Crippen LogP contribution in [0.5, 0.6) is 23.0 Å². The molecule has 0 aliphatic heterocycles. The number of benzene rings is 3. The van der Waals surface area contributed by atoms with Crippen molar-refractivity contribution in [1.29, 1.82) is 0 Å². The summed E-state index contributed by atoms with van der Waals surface area (Å²) in [5.41, 5.74) is 2.42. The number of hydrogen-bond acceptors (Lipinski definition) is 6. The molecular formula is C28H30ClN3O5. The molecule has 0 saturated carbocycles. The summed E-state index contributed by atoms with van der Waals surface area (Å²) < 4.78 is 24.1. The van der Waals surface area contributed by atoms with Crippen molar-refractivity contribution in [2.45, 2.75) is 19.4 Å². The maximum absolute atomic E-state index is 12.8. The zero-order valence-electron chi connectivity index (χ0n) is 21.1. The predicted molar refractivity (Wildman–Crippen MR) is 143 cm³/mol. The standard InChI is InChI=1S/C28H30ClN3O5/c1-34-24-17-19(18-25(35-2)27(24)36-3)28(33)30-14-6-9-26-31-22-7-4-5-8-23(22)32(26)15-16-37-21-12-10-20(29)11-13-21/h4-5,7-8,10-13,17-18H,6,9,14-16H2,1-3H3,(H,30,33). The van der Waals surface area contributed by atoms with Crippen molar-refractivity contribution in [3.8, 4) is 23.0 Å². The van der Waals surface area contributed by atoms with Gasteiger partial charge in [0.1, 0.15) is 18.2 Å². The molecule has 1 aromatic heterocycles. The molecular weight excluding hydrogens is 494 g/mol. The van der Waals surface area contributed by atoms with Crippen molar-refractivity contribution in [2.75, 3.05) is 34.5 Å². The van der Waals surface area contributed by atoms with Crippen molar-refractivity contribution in [3.63, 3.8) is 0 Å². The number of carbonyl (C=O) groups is 1. The van der Waals surface area contributed by atoms with Crippen molar-refractivity contribution < 1.29 is 23.7 Å². The Kier molecular flexibility index (Phi) is 8.74. The molecule has 9 heteroatoms. The van der Waals surface area contributed by atoms with Crippen molar-refractivity contribution >= 4 is 28.5 Å². The van der Waals surface area contributed by atoms with Crippen LogP contribution in [-0.4, -0.2) is 49.9 Å². The average molecular weight is 524 g/mol. The molecule has 8 nitrogen and oxygen atoms in total. The number of nitrogens with zero attached hydrogens (tertiary/aromatic N) is 2. The molecule has 0 fully saturated rings. The fourth-order valence-corrected chi connectivity index (χ4v) is 4.24. The number of hydrogen-bond donors (Lipinski definition) is 1. The van der Waals surface area contributed by atoms with Gasteiger partial charge in [0, 0.05) is 23.6 Å². The number of para-hydroxylation sites is 2. The minimum atomic E-state index is -0.218. The highest BCUT2D eigenvalue weighted by Gasteiger charge is 2.17. The second kappa shape index (κ2) is 12.4. The Morgan fingerprint density at radius 2 is 1.68 bits per heavy atom. The number of rotatable bonds is 12. The lowest BCUT2D eigenvalue weighted by atomic mass is 10.1. The van der Waals surface area contributed by atoms with Gasteiger partial charge >= 0.3 is 0 Å². The molecule has 3 aromatic carbocycles. The molecule has 0 saturated heterocycles. The third kappa shape index (κ3) is 6.27. The van der Waals surface area contributed by atoms with E-state index in [0.29, 0.717) is 54.0 Å². The van der Waals surface area contributed by atoms with Crippen LogP contribution in [0.4, 0.5) is 0 Å². The van der Waals surface area contributed by atoms with Crippen LogP contribution in [0.25, 0.3) is 11.0 Å². The lowest BCUT2D eigenvalue weighted by Gasteiger charge is -2.14. The Hall–Kier alpha value is -3.91. The summed E-state index contributed by atoms with van der Waals surface area (Å²) in [5.74, 6) is 2.81. The zero-order valence-corrected chi connectivity index (χ0v) is 21.9. The highest BCUT2D eigenvalue weighted by Crippen LogP contribution is 2.38. The molecule has 4 rings (SSSR count). The Balaban J connectivity index is 1.38. The van der Waals surface area contributed by atoms with E-state index in [-0.39, 0.29) is 5.91 Å². The molecule has 0 bridgehead atoms. The van der Waals surface area contributed by atoms with Crippen LogP contribution in [0.15, 0.2) is 60.7 Å². The summed E-state index contributed by atoms with van der Waals surface area (Å²) in [6, 6.07) is 18.6. The number of nitrogens with one attached hydrogen (secondary N) is 1. The largest absolute Gasteiger partial charge is 0.493 e. The number of halogens is 1. The number of fused-ring (bicyclic) bond motifs is 1. The number of methoxy groups -OCH3 is 3. The Morgan fingerprint density at radius 3 is 2.35 bits per heavy atom. The van der Waals surface area contributed by atoms with Crippen LogP contribution >= 0.6 is 11.6 Å². The molecule has 1 amide bonds. The molecule has 194 valence electrons. The number of imidazole rings is 1. The third-order valence-electron chi connectivity index (χ3n) is 5.92. The maximum atomic E-state index is 12.8. The molecule has 0 aliphatic rings. The monoisotopic (exact) mass is 523 g/mol. The van der Waals surface area contributed by atoms with Crippen LogP contribution in [0, 0.1) is 0 Å². The van der Waals surface area contributed by atoms with Gasteiger partial charge in [0.05, 0.1) is 38.9 Å². The van der Waals surface area contributed by atoms with E-state index < -0.39 is 0 Å². The third-order valence-corrected chi connectivity index (χ3v) is 6.17. The van der Waals surface area contributed by atoms with Gasteiger partial charge in [0.2, 0.25) is 5.75 Å². The van der Waals surface area contributed by atoms with E-state index in [9.17, 15) is 4.79 Å². The lowest BCUT2D eigenvalue weighted by Crippen LogP contribution is -2.25. The molecule has 1 heterocycles. The Bertz CT molecular complexity index is 1330. The minimum Gasteiger partial charge on any atom is -0.493 e. The molecule has 0 spiro atoms. The summed E-state index contributed by atoms with van der Waals surface area (Å²) in [5, 5.41) is 3.64. The fourth-order valence-electron chi connectivity index (χ4n) is 4.11. The number of aryl methyl sites for hydroxylation is 1. The minimum absolute atomic E-state index is 0.218. The highest BCUT2D eigenvalue weighted by molar-refractivity contribution is 6.30. The zero-order chi connectivity index (χ0) is 26.2. The summed E-state index contributed by atoms with van der Waals surface area (Å²) in [7, 11) is 4.56. The van der Waals surface area contributed by atoms with E-state index >= 15 is 0 Å². The first-order chi connectivity index (χ1) is 18.0. The molecule has 0 aliphatic carbocycles. The number of carbonyl (C=O) groups excluding carboxylic acids is 1. The van der Waals surface area contributed by atoms with Gasteiger partial charge in [0.25, 0.3) is 5.91 Å². The fraction of sp³-hybridized carbons (Fsp3) is 0.286. The predicted octanol–water partition coefficient (Wildman–Crippen LogP) is 5.16. The van der Waals surface area contributed by atoms with E-state index in [1.54, 1.807) is 24.3 Å².